The molecule has 0 amide bonds. The summed E-state index contributed by atoms with van der Waals surface area (Å²) in [7, 11) is 3.62. The van der Waals surface area contributed by atoms with E-state index in [0.717, 1.165) is 23.0 Å². The van der Waals surface area contributed by atoms with E-state index in [0.29, 0.717) is 13.2 Å². The van der Waals surface area contributed by atoms with Gasteiger partial charge in [-0.3, -0.25) is 4.68 Å². The Morgan fingerprint density at radius 2 is 1.95 bits per heavy atom. The fourth-order valence-electron chi connectivity index (χ4n) is 2.21. The van der Waals surface area contributed by atoms with Crippen LogP contribution < -0.4 is 5.32 Å². The van der Waals surface area contributed by atoms with Crippen LogP contribution in [-0.4, -0.2) is 16.9 Å². The van der Waals surface area contributed by atoms with E-state index in [9.17, 15) is 0 Å². The zero-order valence-electron chi connectivity index (χ0n) is 12.1. The van der Waals surface area contributed by atoms with E-state index in [1.165, 1.54) is 11.1 Å². The zero-order valence-corrected chi connectivity index (χ0v) is 12.9. The Hall–Kier alpha value is -1.36. The number of hydrogen-bond donors (Lipinski definition) is 1. The van der Waals surface area contributed by atoms with Gasteiger partial charge in [0.25, 0.3) is 0 Å². The van der Waals surface area contributed by atoms with Crippen molar-refractivity contribution in [1.82, 2.24) is 15.1 Å². The quantitative estimate of drug-likeness (QED) is 0.890. The number of benzene rings is 1. The van der Waals surface area contributed by atoms with Gasteiger partial charge in [-0.15, -0.1) is 0 Å². The molecular weight excluding hydrogens is 274 g/mol. The monoisotopic (exact) mass is 293 g/mol. The Kier molecular flexibility index (Phi) is 5.17. The summed E-state index contributed by atoms with van der Waals surface area (Å²) < 4.78 is 7.04. The van der Waals surface area contributed by atoms with Crippen molar-refractivity contribution >= 4 is 11.6 Å². The Balaban J connectivity index is 1.99. The van der Waals surface area contributed by atoms with E-state index in [1.54, 1.807) is 7.11 Å². The molecule has 1 aromatic heterocycles. The largest absolute Gasteiger partial charge is 0.380 e. The molecule has 0 saturated carbocycles. The van der Waals surface area contributed by atoms with Crippen molar-refractivity contribution in [2.24, 2.45) is 7.05 Å². The number of aryl methyl sites for hydroxylation is 2. The van der Waals surface area contributed by atoms with Crippen LogP contribution in [0.4, 0.5) is 0 Å². The average molecular weight is 294 g/mol. The van der Waals surface area contributed by atoms with Crippen molar-refractivity contribution in [3.8, 4) is 0 Å². The molecule has 0 saturated heterocycles. The molecule has 0 aliphatic rings. The molecule has 1 aromatic carbocycles. The number of aromatic nitrogens is 2. The normalized spacial score (nSPS) is 11.0. The third-order valence-electron chi connectivity index (χ3n) is 3.29. The highest BCUT2D eigenvalue weighted by atomic mass is 35.5. The van der Waals surface area contributed by atoms with Crippen LogP contribution in [0.15, 0.2) is 24.3 Å². The first-order valence-electron chi connectivity index (χ1n) is 6.58. The fraction of sp³-hybridized carbons (Fsp3) is 0.400. The summed E-state index contributed by atoms with van der Waals surface area (Å²) in [5, 5.41) is 8.46. The van der Waals surface area contributed by atoms with E-state index in [-0.39, 0.29) is 0 Å². The van der Waals surface area contributed by atoms with E-state index in [4.69, 9.17) is 16.3 Å². The van der Waals surface area contributed by atoms with E-state index < -0.39 is 0 Å². The Morgan fingerprint density at radius 3 is 2.55 bits per heavy atom. The van der Waals surface area contributed by atoms with Gasteiger partial charge in [-0.1, -0.05) is 35.9 Å². The summed E-state index contributed by atoms with van der Waals surface area (Å²) in [6.45, 7) is 4.01. The van der Waals surface area contributed by atoms with Crippen molar-refractivity contribution < 1.29 is 4.74 Å². The summed E-state index contributed by atoms with van der Waals surface area (Å²) >= 11 is 6.23. The van der Waals surface area contributed by atoms with Gasteiger partial charge in [-0.2, -0.15) is 5.10 Å². The topological polar surface area (TPSA) is 39.1 Å². The summed E-state index contributed by atoms with van der Waals surface area (Å²) in [6, 6.07) is 8.26. The van der Waals surface area contributed by atoms with Crippen LogP contribution in [-0.2, 0) is 31.5 Å². The Labute approximate surface area is 124 Å². The van der Waals surface area contributed by atoms with Crippen molar-refractivity contribution in [3.63, 3.8) is 0 Å². The standard InChI is InChI=1S/C15H20ClN3O/c1-11-15(16)14(19(2)18-11)9-17-8-12-6-4-5-7-13(12)10-20-3/h4-7,17H,8-10H2,1-3H3. The molecule has 20 heavy (non-hydrogen) atoms. The predicted molar refractivity (Wildman–Crippen MR) is 80.7 cm³/mol. The minimum Gasteiger partial charge on any atom is -0.380 e. The zero-order chi connectivity index (χ0) is 14.5. The van der Waals surface area contributed by atoms with Gasteiger partial charge in [0.2, 0.25) is 0 Å². The van der Waals surface area contributed by atoms with Gasteiger partial charge in [0.1, 0.15) is 0 Å². The molecule has 1 N–H and O–H groups in total. The second-order valence-electron chi connectivity index (χ2n) is 4.77. The van der Waals surface area contributed by atoms with Gasteiger partial charge in [-0.25, -0.2) is 0 Å². The van der Waals surface area contributed by atoms with Crippen molar-refractivity contribution in [2.75, 3.05) is 7.11 Å². The van der Waals surface area contributed by atoms with Gasteiger partial charge < -0.3 is 10.1 Å². The number of methoxy groups -OCH3 is 1. The molecule has 4 nitrogen and oxygen atoms in total. The lowest BCUT2D eigenvalue weighted by Gasteiger charge is -2.10. The SMILES string of the molecule is COCc1ccccc1CNCc1c(Cl)c(C)nn1C. The molecule has 0 fully saturated rings. The molecule has 2 rings (SSSR count). The molecule has 1 heterocycles. The first kappa shape index (κ1) is 15.0. The third-order valence-corrected chi connectivity index (χ3v) is 3.78. The third kappa shape index (κ3) is 3.39. The number of nitrogens with one attached hydrogen (secondary N) is 1. The van der Waals surface area contributed by atoms with Gasteiger partial charge >= 0.3 is 0 Å². The Morgan fingerprint density at radius 1 is 1.25 bits per heavy atom. The minimum absolute atomic E-state index is 0.628. The molecule has 0 bridgehead atoms. The molecular formula is C15H20ClN3O. The summed E-state index contributed by atoms with van der Waals surface area (Å²) in [4.78, 5) is 0. The predicted octanol–water partition coefficient (Wildman–Crippen LogP) is 2.82. The second-order valence-corrected chi connectivity index (χ2v) is 5.15. The van der Waals surface area contributed by atoms with Crippen LogP contribution >= 0.6 is 11.6 Å². The molecule has 108 valence electrons. The maximum atomic E-state index is 6.23. The van der Waals surface area contributed by atoms with Gasteiger partial charge in [-0.05, 0) is 18.1 Å². The number of hydrogen-bond acceptors (Lipinski definition) is 3. The van der Waals surface area contributed by atoms with Crippen LogP contribution in [0, 0.1) is 6.92 Å². The molecule has 5 heteroatoms. The first-order chi connectivity index (χ1) is 9.63. The summed E-state index contributed by atoms with van der Waals surface area (Å²) in [6.07, 6.45) is 0. The first-order valence-corrected chi connectivity index (χ1v) is 6.95. The van der Waals surface area contributed by atoms with Gasteiger partial charge in [0, 0.05) is 27.2 Å². The lowest BCUT2D eigenvalue weighted by atomic mass is 10.1. The highest BCUT2D eigenvalue weighted by Gasteiger charge is 2.10. The fourth-order valence-corrected chi connectivity index (χ4v) is 2.44. The number of rotatable bonds is 6. The maximum absolute atomic E-state index is 6.23. The highest BCUT2D eigenvalue weighted by molar-refractivity contribution is 6.31. The van der Waals surface area contributed by atoms with E-state index in [1.807, 2.05) is 30.8 Å². The molecule has 0 atom stereocenters. The molecule has 0 radical (unpaired) electrons. The Bertz CT molecular complexity index is 580. The minimum atomic E-state index is 0.628. The second kappa shape index (κ2) is 6.88. The maximum Gasteiger partial charge on any atom is 0.0860 e. The highest BCUT2D eigenvalue weighted by Crippen LogP contribution is 2.19. The molecule has 0 aliphatic heterocycles. The van der Waals surface area contributed by atoms with Gasteiger partial charge in [0.15, 0.2) is 0 Å². The number of halogens is 1. The van der Waals surface area contributed by atoms with Crippen LogP contribution in [0.5, 0.6) is 0 Å². The van der Waals surface area contributed by atoms with E-state index >= 15 is 0 Å². The van der Waals surface area contributed by atoms with Crippen molar-refractivity contribution in [2.45, 2.75) is 26.6 Å². The van der Waals surface area contributed by atoms with Crippen LogP contribution in [0.1, 0.15) is 22.5 Å². The molecule has 0 spiro atoms. The van der Waals surface area contributed by atoms with Crippen LogP contribution in [0.3, 0.4) is 0 Å². The average Bonchev–Trinajstić information content (AvgIpc) is 2.67. The lowest BCUT2D eigenvalue weighted by molar-refractivity contribution is 0.184. The molecule has 2 aromatic rings. The van der Waals surface area contributed by atoms with Crippen molar-refractivity contribution in [1.29, 1.82) is 0 Å². The smallest absolute Gasteiger partial charge is 0.0860 e. The van der Waals surface area contributed by atoms with Crippen molar-refractivity contribution in [3.05, 3.63) is 51.8 Å². The number of nitrogens with zero attached hydrogens (tertiary/aromatic N) is 2. The lowest BCUT2D eigenvalue weighted by Crippen LogP contribution is -2.16. The van der Waals surface area contributed by atoms with Gasteiger partial charge in [0.05, 0.1) is 23.0 Å². The molecule has 0 aliphatic carbocycles. The van der Waals surface area contributed by atoms with E-state index in [2.05, 4.69) is 22.5 Å². The number of ether oxygens (including phenoxy) is 1. The summed E-state index contributed by atoms with van der Waals surface area (Å²) in [5.41, 5.74) is 4.32. The summed E-state index contributed by atoms with van der Waals surface area (Å²) in [5.74, 6) is 0. The van der Waals surface area contributed by atoms with Crippen LogP contribution in [0.25, 0.3) is 0 Å². The molecule has 0 unspecified atom stereocenters. The van der Waals surface area contributed by atoms with Crippen LogP contribution in [0.2, 0.25) is 5.02 Å².